The van der Waals surface area contributed by atoms with Crippen LogP contribution in [0, 0.1) is 27.7 Å². The summed E-state index contributed by atoms with van der Waals surface area (Å²) in [6, 6.07) is 11.5. The monoisotopic (exact) mass is 504 g/mol. The van der Waals surface area contributed by atoms with E-state index in [2.05, 4.69) is 0 Å². The molecule has 0 saturated carbocycles. The van der Waals surface area contributed by atoms with Crippen molar-refractivity contribution in [1.29, 1.82) is 0 Å². The van der Waals surface area contributed by atoms with Crippen molar-refractivity contribution in [1.82, 2.24) is 0 Å². The van der Waals surface area contributed by atoms with Crippen LogP contribution >= 0.6 is 0 Å². The topological polar surface area (TPSA) is 86.5 Å². The van der Waals surface area contributed by atoms with Crippen LogP contribution in [0.1, 0.15) is 63.8 Å². The highest BCUT2D eigenvalue weighted by Crippen LogP contribution is 2.33. The minimum absolute atomic E-state index is 0.0579. The molecule has 0 spiro atoms. The van der Waals surface area contributed by atoms with Gasteiger partial charge in [0.1, 0.15) is 22.3 Å². The van der Waals surface area contributed by atoms with Crippen LogP contribution in [-0.2, 0) is 23.8 Å². The van der Waals surface area contributed by atoms with Crippen molar-refractivity contribution >= 4 is 35.1 Å². The van der Waals surface area contributed by atoms with Crippen molar-refractivity contribution < 1.29 is 23.8 Å². The van der Waals surface area contributed by atoms with Gasteiger partial charge in [-0.3, -0.25) is 0 Å². The van der Waals surface area contributed by atoms with Gasteiger partial charge in [-0.05, 0) is 91.5 Å². The van der Waals surface area contributed by atoms with E-state index in [9.17, 15) is 9.59 Å². The lowest BCUT2D eigenvalue weighted by Crippen LogP contribution is -2.30. The summed E-state index contributed by atoms with van der Waals surface area (Å²) in [5.74, 6) is -1.61. The molecule has 7 heteroatoms. The number of nitrogens with zero attached hydrogens (tertiary/aromatic N) is 2. The molecule has 0 aliphatic carbocycles. The fourth-order valence-corrected chi connectivity index (χ4v) is 3.77. The summed E-state index contributed by atoms with van der Waals surface area (Å²) in [5, 5.41) is 0. The van der Waals surface area contributed by atoms with Gasteiger partial charge in [0.2, 0.25) is 11.8 Å². The summed E-state index contributed by atoms with van der Waals surface area (Å²) in [7, 11) is 0. The Labute approximate surface area is 219 Å². The maximum atomic E-state index is 13.5. The van der Waals surface area contributed by atoms with Crippen LogP contribution in [0.3, 0.4) is 0 Å². The van der Waals surface area contributed by atoms with Crippen molar-refractivity contribution in [2.24, 2.45) is 9.98 Å². The molecule has 1 heterocycles. The molecule has 0 aromatic heterocycles. The molecule has 0 unspecified atom stereocenters. The predicted octanol–water partition coefficient (Wildman–Crippen LogP) is 6.69. The number of benzene rings is 2. The van der Waals surface area contributed by atoms with Gasteiger partial charge in [0.15, 0.2) is 0 Å². The first-order valence-corrected chi connectivity index (χ1v) is 12.3. The molecule has 0 atom stereocenters. The fourth-order valence-electron chi connectivity index (χ4n) is 3.77. The van der Waals surface area contributed by atoms with Crippen molar-refractivity contribution in [2.45, 2.75) is 80.4 Å². The van der Waals surface area contributed by atoms with E-state index in [0.29, 0.717) is 11.4 Å². The second-order valence-electron chi connectivity index (χ2n) is 11.2. The molecule has 37 heavy (non-hydrogen) atoms. The number of ether oxygens (including phenoxy) is 3. The molecule has 1 aliphatic heterocycles. The first-order chi connectivity index (χ1) is 17.1. The predicted molar refractivity (Wildman–Crippen MR) is 146 cm³/mol. The summed E-state index contributed by atoms with van der Waals surface area (Å²) in [4.78, 5) is 36.5. The number of hydrogen-bond acceptors (Lipinski definition) is 7. The number of esters is 2. The first-order valence-electron chi connectivity index (χ1n) is 12.3. The van der Waals surface area contributed by atoms with Crippen LogP contribution in [0.4, 0.5) is 11.4 Å². The molecule has 0 fully saturated rings. The molecule has 0 amide bonds. The van der Waals surface area contributed by atoms with Gasteiger partial charge in [-0.1, -0.05) is 36.4 Å². The Morgan fingerprint density at radius 3 is 1.19 bits per heavy atom. The molecule has 3 rings (SSSR count). The van der Waals surface area contributed by atoms with Crippen molar-refractivity contribution in [3.8, 4) is 0 Å². The average Bonchev–Trinajstić information content (AvgIpc) is 3.09. The standard InChI is InChI=1S/C30H36N2O5/c1-17-13-11-14-18(2)23(17)31-25-21(27(33)36-29(5,6)7)22(28(34)37-30(8,9)10)26(35-25)32-24-19(3)15-12-16-20(24)4/h11-16H,1-10H3. The molecule has 2 aromatic carbocycles. The molecule has 196 valence electrons. The van der Waals surface area contributed by atoms with Gasteiger partial charge in [-0.2, -0.15) is 0 Å². The van der Waals surface area contributed by atoms with Crippen molar-refractivity contribution in [2.75, 3.05) is 0 Å². The second-order valence-corrected chi connectivity index (χ2v) is 11.2. The summed E-state index contributed by atoms with van der Waals surface area (Å²) < 4.78 is 17.5. The minimum atomic E-state index is -0.820. The third kappa shape index (κ3) is 6.73. The van der Waals surface area contributed by atoms with E-state index in [0.717, 1.165) is 22.3 Å². The summed E-state index contributed by atoms with van der Waals surface area (Å²) in [6.45, 7) is 18.2. The number of aliphatic imine (C=N–C) groups is 2. The molecule has 0 saturated heterocycles. The number of carbonyl (C=O) groups is 2. The highest BCUT2D eigenvalue weighted by atomic mass is 16.6. The second kappa shape index (κ2) is 10.3. The Hall–Kier alpha value is -3.74. The third-order valence-corrected chi connectivity index (χ3v) is 5.38. The van der Waals surface area contributed by atoms with Gasteiger partial charge >= 0.3 is 11.9 Å². The highest BCUT2D eigenvalue weighted by Gasteiger charge is 2.42. The number of carbonyl (C=O) groups excluding carboxylic acids is 2. The fraction of sp³-hybridized carbons (Fsp3) is 0.400. The van der Waals surface area contributed by atoms with E-state index < -0.39 is 23.1 Å². The smallest absolute Gasteiger partial charge is 0.345 e. The molecule has 0 radical (unpaired) electrons. The summed E-state index contributed by atoms with van der Waals surface area (Å²) in [6.07, 6.45) is 0. The van der Waals surface area contributed by atoms with Crippen LogP contribution in [0.5, 0.6) is 0 Å². The van der Waals surface area contributed by atoms with Crippen molar-refractivity contribution in [3.05, 3.63) is 69.8 Å². The Balaban J connectivity index is 2.35. The van der Waals surface area contributed by atoms with Crippen LogP contribution in [0.25, 0.3) is 0 Å². The van der Waals surface area contributed by atoms with Crippen molar-refractivity contribution in [3.63, 3.8) is 0 Å². The third-order valence-electron chi connectivity index (χ3n) is 5.38. The van der Waals surface area contributed by atoms with E-state index >= 15 is 0 Å². The Morgan fingerprint density at radius 1 is 0.622 bits per heavy atom. The zero-order chi connectivity index (χ0) is 27.7. The van der Waals surface area contributed by atoms with E-state index in [1.807, 2.05) is 64.1 Å². The lowest BCUT2D eigenvalue weighted by Gasteiger charge is -2.21. The Kier molecular flexibility index (Phi) is 7.77. The molecule has 7 nitrogen and oxygen atoms in total. The Bertz CT molecular complexity index is 1190. The molecule has 0 N–H and O–H groups in total. The number of hydrogen-bond donors (Lipinski definition) is 0. The molecular weight excluding hydrogens is 468 g/mol. The van der Waals surface area contributed by atoms with Gasteiger partial charge < -0.3 is 14.2 Å². The van der Waals surface area contributed by atoms with Crippen LogP contribution in [0.15, 0.2) is 57.5 Å². The Morgan fingerprint density at radius 2 is 0.919 bits per heavy atom. The van der Waals surface area contributed by atoms with E-state index in [-0.39, 0.29) is 22.9 Å². The van der Waals surface area contributed by atoms with E-state index in [4.69, 9.17) is 24.2 Å². The normalized spacial score (nSPS) is 16.3. The first kappa shape index (κ1) is 27.8. The number of rotatable bonds is 4. The molecule has 0 bridgehead atoms. The minimum Gasteiger partial charge on any atom is -0.456 e. The molecule has 1 aliphatic rings. The maximum Gasteiger partial charge on any atom is 0.345 e. The van der Waals surface area contributed by atoms with Gasteiger partial charge in [-0.25, -0.2) is 19.6 Å². The van der Waals surface area contributed by atoms with E-state index in [1.165, 1.54) is 0 Å². The largest absolute Gasteiger partial charge is 0.456 e. The van der Waals surface area contributed by atoms with Crippen LogP contribution in [-0.4, -0.2) is 34.9 Å². The number of aryl methyl sites for hydroxylation is 4. The lowest BCUT2D eigenvalue weighted by molar-refractivity contribution is -0.152. The van der Waals surface area contributed by atoms with Crippen LogP contribution in [0.2, 0.25) is 0 Å². The lowest BCUT2D eigenvalue weighted by atomic mass is 10.1. The summed E-state index contributed by atoms with van der Waals surface area (Å²) >= 11 is 0. The highest BCUT2D eigenvalue weighted by molar-refractivity contribution is 6.37. The van der Waals surface area contributed by atoms with Gasteiger partial charge in [0.25, 0.3) is 0 Å². The zero-order valence-corrected chi connectivity index (χ0v) is 23.4. The quantitative estimate of drug-likeness (QED) is 0.433. The summed E-state index contributed by atoms with van der Waals surface area (Å²) in [5.41, 5.74) is 2.95. The zero-order valence-electron chi connectivity index (χ0n) is 23.4. The molecular formula is C30H36N2O5. The number of para-hydroxylation sites is 2. The van der Waals surface area contributed by atoms with E-state index in [1.54, 1.807) is 41.5 Å². The maximum absolute atomic E-state index is 13.5. The van der Waals surface area contributed by atoms with Crippen LogP contribution < -0.4 is 0 Å². The van der Waals surface area contributed by atoms with Gasteiger partial charge in [0, 0.05) is 0 Å². The SMILES string of the molecule is Cc1cccc(C)c1N=C1OC(=Nc2c(C)cccc2C)C(C(=O)OC(C)(C)C)=C1C(=O)OC(C)(C)C. The van der Waals surface area contributed by atoms with Gasteiger partial charge in [-0.15, -0.1) is 0 Å². The molecule has 2 aromatic rings. The average molecular weight is 505 g/mol. The van der Waals surface area contributed by atoms with Gasteiger partial charge in [0.05, 0.1) is 11.4 Å².